The Hall–Kier alpha value is -0.370. The first kappa shape index (κ1) is 12.7. The maximum Gasteiger partial charge on any atom is 0.0442 e. The first-order valence-corrected chi connectivity index (χ1v) is 6.50. The van der Waals surface area contributed by atoms with Crippen LogP contribution in [0.4, 0.5) is 0 Å². The molecule has 84 valence electrons. The summed E-state index contributed by atoms with van der Waals surface area (Å²) >= 11 is 3.81. The van der Waals surface area contributed by atoms with Crippen molar-refractivity contribution in [2.45, 2.75) is 38.4 Å². The Balaban J connectivity index is 2.73. The van der Waals surface area contributed by atoms with Crippen LogP contribution in [0.3, 0.4) is 0 Å². The van der Waals surface area contributed by atoms with Gasteiger partial charge in [0.1, 0.15) is 0 Å². The fraction of sp³-hybridized carbons (Fsp3) is 0.615. The van der Waals surface area contributed by atoms with Crippen LogP contribution in [0.1, 0.15) is 39.3 Å². The Labute approximate surface area is 101 Å². The van der Waals surface area contributed by atoms with E-state index < -0.39 is 0 Å². The van der Waals surface area contributed by atoms with Gasteiger partial charge in [0.15, 0.2) is 0 Å². The van der Waals surface area contributed by atoms with Crippen molar-refractivity contribution >= 4 is 15.9 Å². The summed E-state index contributed by atoms with van der Waals surface area (Å²) in [7, 11) is 0. The molecule has 2 heteroatoms. The fourth-order valence-electron chi connectivity index (χ4n) is 1.63. The largest absolute Gasteiger partial charge is 0.261 e. The molecular formula is C13H20BrN. The van der Waals surface area contributed by atoms with Gasteiger partial charge in [0, 0.05) is 22.6 Å². The molecule has 0 saturated heterocycles. The third kappa shape index (κ3) is 3.30. The van der Waals surface area contributed by atoms with E-state index in [0.717, 1.165) is 0 Å². The summed E-state index contributed by atoms with van der Waals surface area (Å²) in [5.41, 5.74) is 1.17. The standard InChI is InChI=1S/C13H20BrN/c1-9(2)10(3)13(14)11(4)12-7-5-6-8-15-12/h5-11,13H,1-4H3. The second-order valence-corrected chi connectivity index (χ2v) is 5.65. The number of hydrogen-bond donors (Lipinski definition) is 0. The number of nitrogens with zero attached hydrogens (tertiary/aromatic N) is 1. The molecule has 1 aromatic rings. The smallest absolute Gasteiger partial charge is 0.0442 e. The first-order chi connectivity index (χ1) is 7.04. The van der Waals surface area contributed by atoms with E-state index in [1.54, 1.807) is 0 Å². The van der Waals surface area contributed by atoms with Crippen LogP contribution in [0.15, 0.2) is 24.4 Å². The van der Waals surface area contributed by atoms with Gasteiger partial charge < -0.3 is 0 Å². The number of aromatic nitrogens is 1. The van der Waals surface area contributed by atoms with Crippen molar-refractivity contribution in [3.63, 3.8) is 0 Å². The predicted molar refractivity (Wildman–Crippen MR) is 69.4 cm³/mol. The van der Waals surface area contributed by atoms with Crippen molar-refractivity contribution in [3.8, 4) is 0 Å². The molecule has 0 aliphatic carbocycles. The molecule has 0 aliphatic rings. The topological polar surface area (TPSA) is 12.9 Å². The number of pyridine rings is 1. The van der Waals surface area contributed by atoms with Crippen LogP contribution < -0.4 is 0 Å². The molecule has 0 aromatic carbocycles. The van der Waals surface area contributed by atoms with Gasteiger partial charge >= 0.3 is 0 Å². The number of halogens is 1. The van der Waals surface area contributed by atoms with Gasteiger partial charge in [-0.2, -0.15) is 0 Å². The summed E-state index contributed by atoms with van der Waals surface area (Å²) in [6.45, 7) is 9.07. The molecular weight excluding hydrogens is 250 g/mol. The van der Waals surface area contributed by atoms with Gasteiger partial charge in [0.25, 0.3) is 0 Å². The molecule has 3 unspecified atom stereocenters. The Bertz CT molecular complexity index is 284. The van der Waals surface area contributed by atoms with Crippen molar-refractivity contribution in [1.29, 1.82) is 0 Å². The summed E-state index contributed by atoms with van der Waals surface area (Å²) in [5, 5.41) is 0. The molecule has 1 nitrogen and oxygen atoms in total. The highest BCUT2D eigenvalue weighted by molar-refractivity contribution is 9.09. The van der Waals surface area contributed by atoms with Gasteiger partial charge in [-0.1, -0.05) is 49.7 Å². The molecule has 0 fully saturated rings. The first-order valence-electron chi connectivity index (χ1n) is 5.59. The number of alkyl halides is 1. The average molecular weight is 270 g/mol. The van der Waals surface area contributed by atoms with E-state index >= 15 is 0 Å². The third-order valence-electron chi connectivity index (χ3n) is 3.19. The zero-order valence-corrected chi connectivity index (χ0v) is 11.5. The monoisotopic (exact) mass is 269 g/mol. The molecule has 0 bridgehead atoms. The number of rotatable bonds is 4. The van der Waals surface area contributed by atoms with Gasteiger partial charge in [0.2, 0.25) is 0 Å². The summed E-state index contributed by atoms with van der Waals surface area (Å²) in [4.78, 5) is 4.90. The van der Waals surface area contributed by atoms with E-state index in [9.17, 15) is 0 Å². The highest BCUT2D eigenvalue weighted by atomic mass is 79.9. The lowest BCUT2D eigenvalue weighted by Gasteiger charge is -2.26. The molecule has 0 spiro atoms. The van der Waals surface area contributed by atoms with E-state index in [4.69, 9.17) is 0 Å². The van der Waals surface area contributed by atoms with Crippen molar-refractivity contribution in [1.82, 2.24) is 4.98 Å². The van der Waals surface area contributed by atoms with Crippen LogP contribution in [0, 0.1) is 11.8 Å². The van der Waals surface area contributed by atoms with Crippen LogP contribution in [0.5, 0.6) is 0 Å². The fourth-order valence-corrected chi connectivity index (χ4v) is 2.51. The molecule has 15 heavy (non-hydrogen) atoms. The summed E-state index contributed by atoms with van der Waals surface area (Å²) < 4.78 is 0. The maximum absolute atomic E-state index is 4.41. The second kappa shape index (κ2) is 5.64. The van der Waals surface area contributed by atoms with Gasteiger partial charge in [-0.25, -0.2) is 0 Å². The highest BCUT2D eigenvalue weighted by Gasteiger charge is 2.24. The van der Waals surface area contributed by atoms with Crippen molar-refractivity contribution < 1.29 is 0 Å². The van der Waals surface area contributed by atoms with Crippen LogP contribution in [-0.2, 0) is 0 Å². The van der Waals surface area contributed by atoms with E-state index in [1.165, 1.54) is 5.69 Å². The minimum Gasteiger partial charge on any atom is -0.261 e. The maximum atomic E-state index is 4.41. The molecule has 0 amide bonds. The summed E-state index contributed by atoms with van der Waals surface area (Å²) in [6, 6.07) is 6.12. The Morgan fingerprint density at radius 3 is 2.27 bits per heavy atom. The Kier molecular flexibility index (Phi) is 4.78. The van der Waals surface area contributed by atoms with Gasteiger partial charge in [-0.15, -0.1) is 0 Å². The lowest BCUT2D eigenvalue weighted by molar-refractivity contribution is 0.383. The SMILES string of the molecule is CC(C)C(C)C(Br)C(C)c1ccccn1. The second-order valence-electron chi connectivity index (χ2n) is 4.59. The van der Waals surface area contributed by atoms with Crippen molar-refractivity contribution in [2.75, 3.05) is 0 Å². The van der Waals surface area contributed by atoms with E-state index in [-0.39, 0.29) is 0 Å². The Morgan fingerprint density at radius 2 is 1.80 bits per heavy atom. The van der Waals surface area contributed by atoms with Crippen molar-refractivity contribution in [3.05, 3.63) is 30.1 Å². The average Bonchev–Trinajstić information content (AvgIpc) is 2.27. The summed E-state index contributed by atoms with van der Waals surface area (Å²) in [5.74, 6) is 1.81. The third-order valence-corrected chi connectivity index (χ3v) is 4.81. The van der Waals surface area contributed by atoms with Crippen LogP contribution in [0.25, 0.3) is 0 Å². The molecule has 3 atom stereocenters. The quantitative estimate of drug-likeness (QED) is 0.746. The lowest BCUT2D eigenvalue weighted by atomic mass is 9.87. The van der Waals surface area contributed by atoms with E-state index in [0.29, 0.717) is 22.6 Å². The van der Waals surface area contributed by atoms with E-state index in [2.05, 4.69) is 60.7 Å². The highest BCUT2D eigenvalue weighted by Crippen LogP contribution is 2.32. The zero-order chi connectivity index (χ0) is 11.4. The minimum atomic E-state index is 0.462. The molecule has 0 radical (unpaired) electrons. The lowest BCUT2D eigenvalue weighted by Crippen LogP contribution is -2.22. The van der Waals surface area contributed by atoms with Crippen LogP contribution in [-0.4, -0.2) is 9.81 Å². The molecule has 0 N–H and O–H groups in total. The normalized spacial score (nSPS) is 17.5. The zero-order valence-electron chi connectivity index (χ0n) is 9.94. The molecule has 1 heterocycles. The molecule has 0 saturated carbocycles. The molecule has 1 aromatic heterocycles. The Morgan fingerprint density at radius 1 is 1.13 bits per heavy atom. The number of hydrogen-bond acceptors (Lipinski definition) is 1. The summed E-state index contributed by atoms with van der Waals surface area (Å²) in [6.07, 6.45) is 1.87. The molecule has 0 aliphatic heterocycles. The predicted octanol–water partition coefficient (Wildman–Crippen LogP) is 4.24. The van der Waals surface area contributed by atoms with Crippen LogP contribution >= 0.6 is 15.9 Å². The van der Waals surface area contributed by atoms with E-state index in [1.807, 2.05) is 12.3 Å². The molecule has 1 rings (SSSR count). The van der Waals surface area contributed by atoms with Gasteiger partial charge in [-0.3, -0.25) is 4.98 Å². The van der Waals surface area contributed by atoms with Crippen LogP contribution in [0.2, 0.25) is 0 Å². The van der Waals surface area contributed by atoms with Gasteiger partial charge in [0.05, 0.1) is 0 Å². The van der Waals surface area contributed by atoms with Gasteiger partial charge in [-0.05, 0) is 24.0 Å². The minimum absolute atomic E-state index is 0.462. The van der Waals surface area contributed by atoms with Crippen molar-refractivity contribution in [2.24, 2.45) is 11.8 Å².